The van der Waals surface area contributed by atoms with Gasteiger partial charge in [-0.1, -0.05) is 36.0 Å². The van der Waals surface area contributed by atoms with Gasteiger partial charge in [-0.2, -0.15) is 0 Å². The van der Waals surface area contributed by atoms with E-state index < -0.39 is 0 Å². The molecule has 1 aliphatic heterocycles. The van der Waals surface area contributed by atoms with Crippen molar-refractivity contribution in [3.8, 4) is 0 Å². The second kappa shape index (κ2) is 6.89. The van der Waals surface area contributed by atoms with Crippen LogP contribution in [-0.2, 0) is 6.67 Å². The van der Waals surface area contributed by atoms with Crippen LogP contribution >= 0.6 is 23.6 Å². The SMILES string of the molecule is Cc1ccc(Nc2nn(CN3CCC(C)CC3)c(=S)s2)cc1. The average molecular weight is 335 g/mol. The lowest BCUT2D eigenvalue weighted by atomic mass is 10.00. The Balaban J connectivity index is 1.65. The Morgan fingerprint density at radius 3 is 2.64 bits per heavy atom. The molecule has 4 nitrogen and oxygen atoms in total. The Kier molecular flexibility index (Phi) is 4.90. The van der Waals surface area contributed by atoms with Crippen LogP contribution in [0.4, 0.5) is 10.8 Å². The maximum Gasteiger partial charge on any atom is 0.209 e. The fraction of sp³-hybridized carbons (Fsp3) is 0.500. The number of hydrogen-bond donors (Lipinski definition) is 1. The van der Waals surface area contributed by atoms with Gasteiger partial charge >= 0.3 is 0 Å². The van der Waals surface area contributed by atoms with E-state index in [4.69, 9.17) is 12.2 Å². The van der Waals surface area contributed by atoms with E-state index in [0.29, 0.717) is 0 Å². The molecule has 0 spiro atoms. The third-order valence-corrected chi connectivity index (χ3v) is 5.34. The molecule has 0 amide bonds. The van der Waals surface area contributed by atoms with Crippen molar-refractivity contribution in [2.75, 3.05) is 18.4 Å². The molecule has 1 N–H and O–H groups in total. The molecular weight excluding hydrogens is 312 g/mol. The van der Waals surface area contributed by atoms with Gasteiger partial charge in [-0.15, -0.1) is 5.10 Å². The number of nitrogens with zero attached hydrogens (tertiary/aromatic N) is 3. The quantitative estimate of drug-likeness (QED) is 0.839. The Morgan fingerprint density at radius 2 is 1.95 bits per heavy atom. The van der Waals surface area contributed by atoms with Crippen LogP contribution in [0, 0.1) is 16.8 Å². The van der Waals surface area contributed by atoms with E-state index in [-0.39, 0.29) is 0 Å². The van der Waals surface area contributed by atoms with Crippen LogP contribution in [0.1, 0.15) is 25.3 Å². The van der Waals surface area contributed by atoms with Crippen LogP contribution in [0.3, 0.4) is 0 Å². The third kappa shape index (κ3) is 3.94. The molecule has 1 aromatic heterocycles. The molecule has 0 atom stereocenters. The van der Waals surface area contributed by atoms with Crippen molar-refractivity contribution in [1.82, 2.24) is 14.7 Å². The molecule has 1 aliphatic rings. The van der Waals surface area contributed by atoms with E-state index in [1.807, 2.05) is 4.68 Å². The molecule has 0 unspecified atom stereocenters. The molecule has 0 bridgehead atoms. The predicted molar refractivity (Wildman–Crippen MR) is 95.4 cm³/mol. The van der Waals surface area contributed by atoms with Crippen molar-refractivity contribution in [2.45, 2.75) is 33.4 Å². The zero-order valence-corrected chi connectivity index (χ0v) is 14.7. The molecule has 3 rings (SSSR count). The number of piperidine rings is 1. The predicted octanol–water partition coefficient (Wildman–Crippen LogP) is 4.42. The number of rotatable bonds is 4. The van der Waals surface area contributed by atoms with Gasteiger partial charge in [0.05, 0.1) is 6.67 Å². The molecule has 118 valence electrons. The van der Waals surface area contributed by atoms with E-state index in [9.17, 15) is 0 Å². The van der Waals surface area contributed by atoms with Crippen LogP contribution in [0.15, 0.2) is 24.3 Å². The standard InChI is InChI=1S/C16H22N4S2/c1-12-3-5-14(6-4-12)17-15-18-20(16(21)22-15)11-19-9-7-13(2)8-10-19/h3-6,13H,7-11H2,1-2H3,(H,17,18). The topological polar surface area (TPSA) is 33.1 Å². The highest BCUT2D eigenvalue weighted by atomic mass is 32.1. The minimum Gasteiger partial charge on any atom is -0.330 e. The van der Waals surface area contributed by atoms with Crippen molar-refractivity contribution in [2.24, 2.45) is 5.92 Å². The van der Waals surface area contributed by atoms with E-state index in [1.54, 1.807) is 0 Å². The smallest absolute Gasteiger partial charge is 0.209 e. The molecule has 22 heavy (non-hydrogen) atoms. The number of nitrogens with one attached hydrogen (secondary N) is 1. The fourth-order valence-electron chi connectivity index (χ4n) is 2.60. The Hall–Kier alpha value is -1.24. The summed E-state index contributed by atoms with van der Waals surface area (Å²) in [5.74, 6) is 0.846. The average Bonchev–Trinajstić information content (AvgIpc) is 2.84. The van der Waals surface area contributed by atoms with E-state index in [0.717, 1.165) is 40.4 Å². The first-order valence-corrected chi connectivity index (χ1v) is 8.96. The molecule has 0 saturated carbocycles. The number of aromatic nitrogens is 2. The van der Waals surface area contributed by atoms with Crippen LogP contribution < -0.4 is 5.32 Å². The zero-order chi connectivity index (χ0) is 15.5. The van der Waals surface area contributed by atoms with E-state index in [2.05, 4.69) is 53.4 Å². The molecule has 6 heteroatoms. The molecule has 1 saturated heterocycles. The summed E-state index contributed by atoms with van der Waals surface area (Å²) in [6.07, 6.45) is 2.54. The summed E-state index contributed by atoms with van der Waals surface area (Å²) in [4.78, 5) is 2.44. The van der Waals surface area contributed by atoms with Gasteiger partial charge in [0.15, 0.2) is 3.95 Å². The molecule has 0 radical (unpaired) electrons. The van der Waals surface area contributed by atoms with Crippen molar-refractivity contribution >= 4 is 34.4 Å². The van der Waals surface area contributed by atoms with Gasteiger partial charge in [0.25, 0.3) is 0 Å². The monoisotopic (exact) mass is 334 g/mol. The first-order valence-electron chi connectivity index (χ1n) is 7.74. The fourth-order valence-corrected chi connectivity index (χ4v) is 3.61. The molecular formula is C16H22N4S2. The number of anilines is 2. The summed E-state index contributed by atoms with van der Waals surface area (Å²) >= 11 is 6.99. The molecule has 0 aliphatic carbocycles. The van der Waals surface area contributed by atoms with Gasteiger partial charge in [0.2, 0.25) is 5.13 Å². The summed E-state index contributed by atoms with van der Waals surface area (Å²) in [5.41, 5.74) is 2.30. The first-order chi connectivity index (χ1) is 10.6. The van der Waals surface area contributed by atoms with Gasteiger partial charge in [-0.05, 0) is 50.0 Å². The highest BCUT2D eigenvalue weighted by Gasteiger charge is 2.16. The van der Waals surface area contributed by atoms with Crippen LogP contribution in [0.25, 0.3) is 0 Å². The maximum atomic E-state index is 5.45. The maximum absolute atomic E-state index is 5.45. The second-order valence-electron chi connectivity index (χ2n) is 6.11. The van der Waals surface area contributed by atoms with Crippen LogP contribution in [0.2, 0.25) is 0 Å². The lowest BCUT2D eigenvalue weighted by molar-refractivity contribution is 0.146. The summed E-state index contributed by atoms with van der Waals surface area (Å²) in [6, 6.07) is 8.31. The summed E-state index contributed by atoms with van der Waals surface area (Å²) in [5, 5.41) is 8.82. The lowest BCUT2D eigenvalue weighted by Crippen LogP contribution is -2.34. The minimum atomic E-state index is 0.803. The molecule has 1 fully saturated rings. The van der Waals surface area contributed by atoms with Crippen LogP contribution in [-0.4, -0.2) is 27.8 Å². The Morgan fingerprint density at radius 1 is 1.27 bits per heavy atom. The van der Waals surface area contributed by atoms with Crippen molar-refractivity contribution in [3.05, 3.63) is 33.8 Å². The molecule has 1 aromatic carbocycles. The lowest BCUT2D eigenvalue weighted by Gasteiger charge is -2.29. The number of hydrogen-bond acceptors (Lipinski definition) is 5. The number of benzene rings is 1. The first kappa shape index (κ1) is 15.6. The van der Waals surface area contributed by atoms with Gasteiger partial charge < -0.3 is 5.32 Å². The third-order valence-electron chi connectivity index (χ3n) is 4.12. The van der Waals surface area contributed by atoms with Gasteiger partial charge in [0, 0.05) is 18.8 Å². The Bertz CT molecular complexity index is 666. The minimum absolute atomic E-state index is 0.803. The van der Waals surface area contributed by atoms with Crippen molar-refractivity contribution in [3.63, 3.8) is 0 Å². The second-order valence-corrected chi connectivity index (χ2v) is 7.73. The summed E-state index contributed by atoms with van der Waals surface area (Å²) < 4.78 is 2.76. The highest BCUT2D eigenvalue weighted by Crippen LogP contribution is 2.22. The summed E-state index contributed by atoms with van der Waals surface area (Å²) in [6.45, 7) is 7.50. The van der Waals surface area contributed by atoms with Crippen LogP contribution in [0.5, 0.6) is 0 Å². The zero-order valence-electron chi connectivity index (χ0n) is 13.1. The largest absolute Gasteiger partial charge is 0.330 e. The van der Waals surface area contributed by atoms with E-state index in [1.165, 1.54) is 29.7 Å². The van der Waals surface area contributed by atoms with E-state index >= 15 is 0 Å². The van der Waals surface area contributed by atoms with Gasteiger partial charge in [-0.25, -0.2) is 4.68 Å². The Labute approximate surface area is 140 Å². The number of likely N-dealkylation sites (tertiary alicyclic amines) is 1. The molecule has 2 heterocycles. The van der Waals surface area contributed by atoms with Crippen molar-refractivity contribution < 1.29 is 0 Å². The molecule has 2 aromatic rings. The number of aryl methyl sites for hydroxylation is 1. The highest BCUT2D eigenvalue weighted by molar-refractivity contribution is 7.73. The van der Waals surface area contributed by atoms with Crippen molar-refractivity contribution in [1.29, 1.82) is 0 Å². The van der Waals surface area contributed by atoms with Gasteiger partial charge in [-0.3, -0.25) is 4.90 Å². The van der Waals surface area contributed by atoms with Gasteiger partial charge in [0.1, 0.15) is 0 Å². The summed E-state index contributed by atoms with van der Waals surface area (Å²) in [7, 11) is 0. The normalized spacial score (nSPS) is 16.8.